The van der Waals surface area contributed by atoms with Gasteiger partial charge in [0.15, 0.2) is 12.4 Å². The van der Waals surface area contributed by atoms with Crippen molar-refractivity contribution in [3.63, 3.8) is 0 Å². The molecule has 0 spiro atoms. The molecule has 1 saturated heterocycles. The van der Waals surface area contributed by atoms with Gasteiger partial charge in [-0.25, -0.2) is 4.79 Å². The summed E-state index contributed by atoms with van der Waals surface area (Å²) in [5.74, 6) is -0.931. The maximum Gasteiger partial charge on any atom is 0.355 e. The van der Waals surface area contributed by atoms with Crippen LogP contribution < -0.4 is 0 Å². The van der Waals surface area contributed by atoms with Crippen LogP contribution in [0.5, 0.6) is 0 Å². The molecule has 2 aromatic rings. The highest BCUT2D eigenvalue weighted by Gasteiger charge is 2.24. The number of H-pyrrole nitrogens is 1. The van der Waals surface area contributed by atoms with E-state index in [0.29, 0.717) is 29.9 Å². The fourth-order valence-corrected chi connectivity index (χ4v) is 3.77. The summed E-state index contributed by atoms with van der Waals surface area (Å²) in [5, 5.41) is 0. The predicted octanol–water partition coefficient (Wildman–Crippen LogP) is 2.34. The number of piperazine rings is 1. The Labute approximate surface area is 170 Å². The molecule has 0 aliphatic carbocycles. The average Bonchev–Trinajstić information content (AvgIpc) is 3.01. The Kier molecular flexibility index (Phi) is 6.49. The summed E-state index contributed by atoms with van der Waals surface area (Å²) in [6, 6.07) is 10.2. The summed E-state index contributed by atoms with van der Waals surface area (Å²) in [6.45, 7) is 8.24. The molecule has 0 unspecified atom stereocenters. The molecule has 1 N–H and O–H groups in total. The molecule has 1 aliphatic rings. The number of carbonyl (C=O) groups is 3. The Balaban J connectivity index is 1.48. The first kappa shape index (κ1) is 20.8. The SMILES string of the molecule is CC(=O)c1c(C)[nH]c(C(=O)OCC(=O)N2CCN(Cc3ccccc3)CC2)c1C. The summed E-state index contributed by atoms with van der Waals surface area (Å²) in [5.41, 5.74) is 3.17. The van der Waals surface area contributed by atoms with Crippen molar-refractivity contribution < 1.29 is 19.1 Å². The molecule has 1 aliphatic heterocycles. The number of Topliss-reactive ketones (excluding diaryl/α,β-unsaturated/α-hetero) is 1. The molecule has 1 aromatic carbocycles. The third kappa shape index (κ3) is 4.92. The fraction of sp³-hybridized carbons (Fsp3) is 0.409. The van der Waals surface area contributed by atoms with Gasteiger partial charge in [-0.1, -0.05) is 30.3 Å². The van der Waals surface area contributed by atoms with Crippen LogP contribution in [0.4, 0.5) is 0 Å². The van der Waals surface area contributed by atoms with Crippen molar-refractivity contribution in [1.82, 2.24) is 14.8 Å². The summed E-state index contributed by atoms with van der Waals surface area (Å²) in [4.78, 5) is 43.4. The largest absolute Gasteiger partial charge is 0.451 e. The van der Waals surface area contributed by atoms with Crippen LogP contribution in [0.3, 0.4) is 0 Å². The van der Waals surface area contributed by atoms with E-state index < -0.39 is 5.97 Å². The van der Waals surface area contributed by atoms with Gasteiger partial charge in [0, 0.05) is 44.0 Å². The van der Waals surface area contributed by atoms with Crippen molar-refractivity contribution in [2.24, 2.45) is 0 Å². The summed E-state index contributed by atoms with van der Waals surface area (Å²) >= 11 is 0. The minimum Gasteiger partial charge on any atom is -0.451 e. The zero-order valence-electron chi connectivity index (χ0n) is 17.2. The molecule has 154 valence electrons. The lowest BCUT2D eigenvalue weighted by atomic mass is 10.1. The van der Waals surface area contributed by atoms with Crippen molar-refractivity contribution in [3.8, 4) is 0 Å². The first-order chi connectivity index (χ1) is 13.9. The molecule has 0 radical (unpaired) electrons. The Bertz CT molecular complexity index is 896. The number of ketones is 1. The molecule has 7 nitrogen and oxygen atoms in total. The molecule has 0 bridgehead atoms. The number of carbonyl (C=O) groups excluding carboxylic acids is 3. The summed E-state index contributed by atoms with van der Waals surface area (Å²) in [6.07, 6.45) is 0. The van der Waals surface area contributed by atoms with Crippen LogP contribution in [0.1, 0.15) is 44.6 Å². The first-order valence-electron chi connectivity index (χ1n) is 9.78. The molecular weight excluding hydrogens is 370 g/mol. The van der Waals surface area contributed by atoms with Gasteiger partial charge in [0.1, 0.15) is 5.69 Å². The lowest BCUT2D eigenvalue weighted by Gasteiger charge is -2.34. The summed E-state index contributed by atoms with van der Waals surface area (Å²) in [7, 11) is 0. The third-order valence-electron chi connectivity index (χ3n) is 5.29. The third-order valence-corrected chi connectivity index (χ3v) is 5.29. The quantitative estimate of drug-likeness (QED) is 0.598. The number of rotatable bonds is 6. The lowest BCUT2D eigenvalue weighted by Crippen LogP contribution is -2.49. The molecule has 3 rings (SSSR count). The van der Waals surface area contributed by atoms with Crippen molar-refractivity contribution >= 4 is 17.7 Å². The highest BCUT2D eigenvalue weighted by Crippen LogP contribution is 2.19. The molecule has 29 heavy (non-hydrogen) atoms. The fourth-order valence-electron chi connectivity index (χ4n) is 3.77. The average molecular weight is 397 g/mol. The van der Waals surface area contributed by atoms with Crippen molar-refractivity contribution in [2.45, 2.75) is 27.3 Å². The number of hydrogen-bond donors (Lipinski definition) is 1. The number of hydrogen-bond acceptors (Lipinski definition) is 5. The van der Waals surface area contributed by atoms with E-state index in [2.05, 4.69) is 22.0 Å². The van der Waals surface area contributed by atoms with E-state index in [1.165, 1.54) is 12.5 Å². The van der Waals surface area contributed by atoms with Crippen LogP contribution in [0.2, 0.25) is 0 Å². The first-order valence-corrected chi connectivity index (χ1v) is 9.78. The molecule has 0 atom stereocenters. The van der Waals surface area contributed by atoms with E-state index in [0.717, 1.165) is 19.6 Å². The lowest BCUT2D eigenvalue weighted by molar-refractivity contribution is -0.136. The minimum atomic E-state index is -0.617. The van der Waals surface area contributed by atoms with Gasteiger partial charge in [0.2, 0.25) is 0 Å². The Morgan fingerprint density at radius 2 is 1.69 bits per heavy atom. The second-order valence-corrected chi connectivity index (χ2v) is 7.40. The Hall–Kier alpha value is -2.93. The minimum absolute atomic E-state index is 0.111. The van der Waals surface area contributed by atoms with Crippen LogP contribution in [0, 0.1) is 13.8 Å². The van der Waals surface area contributed by atoms with Gasteiger partial charge >= 0.3 is 5.97 Å². The molecular formula is C22H27N3O4. The van der Waals surface area contributed by atoms with Crippen LogP contribution in [0.15, 0.2) is 30.3 Å². The van der Waals surface area contributed by atoms with Gasteiger partial charge in [-0.3, -0.25) is 14.5 Å². The van der Waals surface area contributed by atoms with E-state index in [-0.39, 0.29) is 24.0 Å². The number of benzene rings is 1. The maximum atomic E-state index is 12.4. The van der Waals surface area contributed by atoms with Gasteiger partial charge in [-0.15, -0.1) is 0 Å². The molecule has 1 aromatic heterocycles. The molecule has 1 amide bonds. The number of aromatic amines is 1. The Morgan fingerprint density at radius 1 is 1.03 bits per heavy atom. The zero-order chi connectivity index (χ0) is 21.0. The van der Waals surface area contributed by atoms with Gasteiger partial charge in [0.05, 0.1) is 0 Å². The smallest absolute Gasteiger partial charge is 0.355 e. The number of nitrogens with one attached hydrogen (secondary N) is 1. The van der Waals surface area contributed by atoms with Gasteiger partial charge < -0.3 is 14.6 Å². The van der Waals surface area contributed by atoms with Crippen molar-refractivity contribution in [2.75, 3.05) is 32.8 Å². The number of nitrogens with zero attached hydrogens (tertiary/aromatic N) is 2. The molecule has 7 heteroatoms. The second kappa shape index (κ2) is 9.05. The molecule has 1 fully saturated rings. The van der Waals surface area contributed by atoms with E-state index in [9.17, 15) is 14.4 Å². The normalized spacial score (nSPS) is 14.7. The second-order valence-electron chi connectivity index (χ2n) is 7.40. The highest BCUT2D eigenvalue weighted by molar-refractivity contribution is 6.01. The standard InChI is InChI=1S/C22H27N3O4/c1-15-20(17(3)26)16(2)23-21(15)22(28)29-14-19(27)25-11-9-24(10-12-25)13-18-7-5-4-6-8-18/h4-8,23H,9-14H2,1-3H3. The zero-order valence-corrected chi connectivity index (χ0v) is 17.2. The van der Waals surface area contributed by atoms with Crippen molar-refractivity contribution in [1.29, 1.82) is 0 Å². The number of aromatic nitrogens is 1. The number of esters is 1. The van der Waals surface area contributed by atoms with Crippen LogP contribution in [-0.2, 0) is 16.1 Å². The maximum absolute atomic E-state index is 12.4. The van der Waals surface area contributed by atoms with Crippen LogP contribution in [0.25, 0.3) is 0 Å². The number of aryl methyl sites for hydroxylation is 1. The highest BCUT2D eigenvalue weighted by atomic mass is 16.5. The van der Waals surface area contributed by atoms with E-state index in [1.54, 1.807) is 18.7 Å². The topological polar surface area (TPSA) is 82.7 Å². The molecule has 2 heterocycles. The van der Waals surface area contributed by atoms with Crippen LogP contribution >= 0.6 is 0 Å². The Morgan fingerprint density at radius 3 is 2.28 bits per heavy atom. The van der Waals surface area contributed by atoms with E-state index >= 15 is 0 Å². The van der Waals surface area contributed by atoms with Crippen LogP contribution in [-0.4, -0.2) is 65.2 Å². The van der Waals surface area contributed by atoms with Gasteiger partial charge in [-0.2, -0.15) is 0 Å². The summed E-state index contributed by atoms with van der Waals surface area (Å²) < 4.78 is 5.21. The van der Waals surface area contributed by atoms with E-state index in [4.69, 9.17) is 4.74 Å². The predicted molar refractivity (Wildman–Crippen MR) is 109 cm³/mol. The van der Waals surface area contributed by atoms with Gasteiger partial charge in [0.25, 0.3) is 5.91 Å². The van der Waals surface area contributed by atoms with Gasteiger partial charge in [-0.05, 0) is 31.9 Å². The monoisotopic (exact) mass is 397 g/mol. The number of ether oxygens (including phenoxy) is 1. The van der Waals surface area contributed by atoms with E-state index in [1.807, 2.05) is 18.2 Å². The number of amides is 1. The molecule has 0 saturated carbocycles. The van der Waals surface area contributed by atoms with Crippen molar-refractivity contribution in [3.05, 3.63) is 58.4 Å².